The van der Waals surface area contributed by atoms with Gasteiger partial charge in [0.1, 0.15) is 11.8 Å². The SMILES string of the molecule is C=CN/C=C(\C=C/C)Cn1c(C#N)cc2c(C)c(/C=C/CC)ccc21. The first-order valence-corrected chi connectivity index (χ1v) is 8.54. The fourth-order valence-corrected chi connectivity index (χ4v) is 2.89. The Balaban J connectivity index is 2.56. The van der Waals surface area contributed by atoms with E-state index < -0.39 is 0 Å². The fourth-order valence-electron chi connectivity index (χ4n) is 2.89. The van der Waals surface area contributed by atoms with Crippen molar-refractivity contribution in [3.63, 3.8) is 0 Å². The molecule has 1 aromatic heterocycles. The van der Waals surface area contributed by atoms with Gasteiger partial charge in [0, 0.05) is 17.1 Å². The van der Waals surface area contributed by atoms with Gasteiger partial charge in [-0.2, -0.15) is 5.26 Å². The molecule has 0 aliphatic rings. The number of nitriles is 1. The molecule has 0 bridgehead atoms. The van der Waals surface area contributed by atoms with E-state index in [0.29, 0.717) is 12.2 Å². The molecular weight excluding hydrogens is 306 g/mol. The number of benzene rings is 1. The fraction of sp³-hybridized carbons (Fsp3) is 0.227. The standard InChI is InChI=1S/C22H25N3/c1-5-8-10-19-11-12-22-21(17(19)4)13-20(14-23)25(22)16-18(9-6-2)15-24-7-3/h6-13,15,24H,3,5,16H2,1-2,4H3/b9-6-,10-8+,18-15+. The van der Waals surface area contributed by atoms with E-state index in [1.165, 1.54) is 11.1 Å². The van der Waals surface area contributed by atoms with E-state index in [2.05, 4.69) is 60.7 Å². The van der Waals surface area contributed by atoms with Crippen LogP contribution >= 0.6 is 0 Å². The topological polar surface area (TPSA) is 40.8 Å². The number of nitrogens with one attached hydrogen (secondary N) is 1. The van der Waals surface area contributed by atoms with Gasteiger partial charge in [-0.3, -0.25) is 0 Å². The highest BCUT2D eigenvalue weighted by molar-refractivity contribution is 5.88. The molecule has 0 amide bonds. The number of hydrogen-bond acceptors (Lipinski definition) is 2. The van der Waals surface area contributed by atoms with E-state index in [1.54, 1.807) is 6.20 Å². The molecule has 0 aliphatic heterocycles. The average Bonchev–Trinajstić information content (AvgIpc) is 2.98. The number of aryl methyl sites for hydroxylation is 1. The average molecular weight is 331 g/mol. The van der Waals surface area contributed by atoms with Crippen LogP contribution in [-0.2, 0) is 6.54 Å². The first kappa shape index (κ1) is 18.4. The van der Waals surface area contributed by atoms with Gasteiger partial charge >= 0.3 is 0 Å². The maximum Gasteiger partial charge on any atom is 0.121 e. The van der Waals surface area contributed by atoms with Crippen LogP contribution in [0.2, 0.25) is 0 Å². The molecule has 0 saturated carbocycles. The summed E-state index contributed by atoms with van der Waals surface area (Å²) >= 11 is 0. The predicted molar refractivity (Wildman–Crippen MR) is 107 cm³/mol. The lowest BCUT2D eigenvalue weighted by Gasteiger charge is -2.10. The van der Waals surface area contributed by atoms with E-state index in [9.17, 15) is 5.26 Å². The summed E-state index contributed by atoms with van der Waals surface area (Å²) in [6, 6.07) is 8.55. The molecule has 1 heterocycles. The summed E-state index contributed by atoms with van der Waals surface area (Å²) in [6.45, 7) is 10.5. The van der Waals surface area contributed by atoms with Gasteiger partial charge in [-0.25, -0.2) is 0 Å². The number of fused-ring (bicyclic) bond motifs is 1. The Hall–Kier alpha value is -2.99. The normalized spacial score (nSPS) is 12.2. The van der Waals surface area contributed by atoms with E-state index in [4.69, 9.17) is 0 Å². The zero-order valence-corrected chi connectivity index (χ0v) is 15.2. The molecule has 0 fully saturated rings. The van der Waals surface area contributed by atoms with E-state index >= 15 is 0 Å². The molecule has 0 radical (unpaired) electrons. The highest BCUT2D eigenvalue weighted by Crippen LogP contribution is 2.27. The first-order chi connectivity index (χ1) is 12.2. The highest BCUT2D eigenvalue weighted by Gasteiger charge is 2.12. The van der Waals surface area contributed by atoms with Crippen LogP contribution in [0.4, 0.5) is 0 Å². The Morgan fingerprint density at radius 3 is 2.84 bits per heavy atom. The molecule has 1 aromatic carbocycles. The molecule has 0 atom stereocenters. The third kappa shape index (κ3) is 4.10. The van der Waals surface area contributed by atoms with Gasteiger partial charge in [0.25, 0.3) is 0 Å². The second-order valence-corrected chi connectivity index (χ2v) is 5.84. The molecule has 0 saturated heterocycles. The van der Waals surface area contributed by atoms with E-state index in [-0.39, 0.29) is 0 Å². The molecule has 0 aliphatic carbocycles. The molecule has 2 aromatic rings. The largest absolute Gasteiger partial charge is 0.368 e. The number of allylic oxidation sites excluding steroid dienone is 4. The summed E-state index contributed by atoms with van der Waals surface area (Å²) in [7, 11) is 0. The van der Waals surface area contributed by atoms with Gasteiger partial charge in [0.05, 0.1) is 6.54 Å². The second kappa shape index (κ2) is 8.75. The lowest BCUT2D eigenvalue weighted by atomic mass is 10.0. The third-order valence-electron chi connectivity index (χ3n) is 4.15. The molecule has 0 unspecified atom stereocenters. The summed E-state index contributed by atoms with van der Waals surface area (Å²) in [4.78, 5) is 0. The van der Waals surface area contributed by atoms with Gasteiger partial charge in [0.15, 0.2) is 0 Å². The van der Waals surface area contributed by atoms with E-state index in [0.717, 1.165) is 22.9 Å². The molecule has 128 valence electrons. The number of nitrogens with zero attached hydrogens (tertiary/aromatic N) is 2. The Morgan fingerprint density at radius 1 is 1.40 bits per heavy atom. The molecule has 2 rings (SSSR count). The van der Waals surface area contributed by atoms with Crippen LogP contribution in [0.25, 0.3) is 17.0 Å². The number of aromatic nitrogens is 1. The Labute approximate surface area is 150 Å². The first-order valence-electron chi connectivity index (χ1n) is 8.54. The van der Waals surface area contributed by atoms with Gasteiger partial charge < -0.3 is 9.88 Å². The quantitative estimate of drug-likeness (QED) is 0.687. The highest BCUT2D eigenvalue weighted by atomic mass is 15.0. The smallest absolute Gasteiger partial charge is 0.121 e. The molecule has 3 nitrogen and oxygen atoms in total. The summed E-state index contributed by atoms with van der Waals surface area (Å²) in [5.74, 6) is 0. The Bertz CT molecular complexity index is 886. The Kier molecular flexibility index (Phi) is 6.42. The zero-order chi connectivity index (χ0) is 18.2. The number of rotatable bonds is 7. The van der Waals surface area contributed by atoms with Crippen molar-refractivity contribution in [1.82, 2.24) is 9.88 Å². The molecule has 25 heavy (non-hydrogen) atoms. The lowest BCUT2D eigenvalue weighted by Crippen LogP contribution is -2.05. The van der Waals surface area contributed by atoms with Crippen molar-refractivity contribution < 1.29 is 0 Å². The van der Waals surface area contributed by atoms with Crippen LogP contribution in [0.3, 0.4) is 0 Å². The summed E-state index contributed by atoms with van der Waals surface area (Å²) < 4.78 is 2.06. The van der Waals surface area contributed by atoms with Crippen LogP contribution in [-0.4, -0.2) is 4.57 Å². The Morgan fingerprint density at radius 2 is 2.20 bits per heavy atom. The van der Waals surface area contributed by atoms with Gasteiger partial charge in [-0.15, -0.1) is 0 Å². The van der Waals surface area contributed by atoms with Crippen LogP contribution in [0.15, 0.2) is 61.0 Å². The maximum absolute atomic E-state index is 9.59. The van der Waals surface area contributed by atoms with Crippen molar-refractivity contribution >= 4 is 17.0 Å². The minimum absolute atomic E-state index is 0.626. The van der Waals surface area contributed by atoms with Crippen LogP contribution < -0.4 is 5.32 Å². The van der Waals surface area contributed by atoms with Crippen LogP contribution in [0, 0.1) is 18.3 Å². The van der Waals surface area contributed by atoms with Crippen molar-refractivity contribution in [2.75, 3.05) is 0 Å². The van der Waals surface area contributed by atoms with Gasteiger partial charge in [-0.05, 0) is 55.3 Å². The van der Waals surface area contributed by atoms with Gasteiger partial charge in [-0.1, -0.05) is 43.9 Å². The molecule has 0 spiro atoms. The number of hydrogen-bond donors (Lipinski definition) is 1. The van der Waals surface area contributed by atoms with Crippen molar-refractivity contribution in [1.29, 1.82) is 5.26 Å². The molecular formula is C22H25N3. The van der Waals surface area contributed by atoms with Crippen molar-refractivity contribution in [2.45, 2.75) is 33.7 Å². The monoisotopic (exact) mass is 331 g/mol. The zero-order valence-electron chi connectivity index (χ0n) is 15.2. The van der Waals surface area contributed by atoms with Crippen LogP contribution in [0.1, 0.15) is 37.1 Å². The summed E-state index contributed by atoms with van der Waals surface area (Å²) in [5.41, 5.74) is 5.23. The van der Waals surface area contributed by atoms with E-state index in [1.807, 2.05) is 31.3 Å². The van der Waals surface area contributed by atoms with Gasteiger partial charge in [0.2, 0.25) is 0 Å². The summed E-state index contributed by atoms with van der Waals surface area (Å²) in [5, 5.41) is 13.7. The van der Waals surface area contributed by atoms with Crippen LogP contribution in [0.5, 0.6) is 0 Å². The van der Waals surface area contributed by atoms with Crippen molar-refractivity contribution in [3.05, 3.63) is 77.8 Å². The second-order valence-electron chi connectivity index (χ2n) is 5.84. The predicted octanol–water partition coefficient (Wildman–Crippen LogP) is 5.44. The summed E-state index contributed by atoms with van der Waals surface area (Å²) in [6.07, 6.45) is 12.9. The lowest BCUT2D eigenvalue weighted by molar-refractivity contribution is 0.815. The minimum atomic E-state index is 0.626. The minimum Gasteiger partial charge on any atom is -0.368 e. The molecule has 3 heteroatoms. The van der Waals surface area contributed by atoms with Crippen molar-refractivity contribution in [3.8, 4) is 6.07 Å². The molecule has 1 N–H and O–H groups in total. The maximum atomic E-state index is 9.59. The third-order valence-corrected chi connectivity index (χ3v) is 4.15. The van der Waals surface area contributed by atoms with Crippen molar-refractivity contribution in [2.24, 2.45) is 0 Å².